The van der Waals surface area contributed by atoms with Crippen molar-refractivity contribution in [1.29, 1.82) is 0 Å². The number of nitrogens with zero attached hydrogens (tertiary/aromatic N) is 1. The van der Waals surface area contributed by atoms with E-state index in [0.717, 1.165) is 31.4 Å². The molecule has 0 bridgehead atoms. The highest BCUT2D eigenvalue weighted by Gasteiger charge is 2.28. The number of aromatic nitrogens is 2. The summed E-state index contributed by atoms with van der Waals surface area (Å²) in [5.41, 5.74) is -1.34. The van der Waals surface area contributed by atoms with Crippen LogP contribution in [0.3, 0.4) is 0 Å². The van der Waals surface area contributed by atoms with Crippen LogP contribution in [-0.2, 0) is 14.8 Å². The van der Waals surface area contributed by atoms with Crippen molar-refractivity contribution in [1.82, 2.24) is 9.97 Å². The standard InChI is InChI=1S/C20H12F2IN3O6S/c1-31-20(28)14-4-5-15(32-14)33(29,30)26-13-3-2-12(21)16(17(13)22)18(27)11-8-25-19-10(11)6-9(23)7-24-19/h2-8,26H,1H3,(H,24,25). The number of pyridine rings is 1. The Morgan fingerprint density at radius 3 is 2.70 bits per heavy atom. The van der Waals surface area contributed by atoms with E-state index in [9.17, 15) is 22.4 Å². The lowest BCUT2D eigenvalue weighted by atomic mass is 10.0. The summed E-state index contributed by atoms with van der Waals surface area (Å²) in [5.74, 6) is -4.92. The van der Waals surface area contributed by atoms with E-state index in [0.29, 0.717) is 14.6 Å². The molecule has 3 heterocycles. The molecule has 0 amide bonds. The van der Waals surface area contributed by atoms with Gasteiger partial charge in [0.15, 0.2) is 5.82 Å². The van der Waals surface area contributed by atoms with Crippen molar-refractivity contribution in [3.05, 3.63) is 74.8 Å². The number of carbonyl (C=O) groups is 2. The molecular formula is C20H12F2IN3O6S. The summed E-state index contributed by atoms with van der Waals surface area (Å²) in [6, 6.07) is 5.21. The van der Waals surface area contributed by atoms with Crippen molar-refractivity contribution in [3.63, 3.8) is 0 Å². The summed E-state index contributed by atoms with van der Waals surface area (Å²) in [6.45, 7) is 0. The van der Waals surface area contributed by atoms with E-state index in [1.807, 2.05) is 27.3 Å². The van der Waals surface area contributed by atoms with Crippen molar-refractivity contribution in [2.24, 2.45) is 0 Å². The van der Waals surface area contributed by atoms with Gasteiger partial charge in [0.25, 0.3) is 10.0 Å². The lowest BCUT2D eigenvalue weighted by molar-refractivity contribution is 0.0559. The number of fused-ring (bicyclic) bond motifs is 1. The summed E-state index contributed by atoms with van der Waals surface area (Å²) in [5, 5.41) is -0.362. The lowest BCUT2D eigenvalue weighted by Gasteiger charge is -2.11. The van der Waals surface area contributed by atoms with Gasteiger partial charge in [0, 0.05) is 26.9 Å². The molecule has 13 heteroatoms. The van der Waals surface area contributed by atoms with Gasteiger partial charge >= 0.3 is 5.97 Å². The number of halogens is 3. The average Bonchev–Trinajstić information content (AvgIpc) is 3.43. The predicted molar refractivity (Wildman–Crippen MR) is 119 cm³/mol. The Bertz CT molecular complexity index is 1530. The van der Waals surface area contributed by atoms with Gasteiger partial charge in [0.05, 0.1) is 18.4 Å². The van der Waals surface area contributed by atoms with Crippen molar-refractivity contribution in [3.8, 4) is 0 Å². The van der Waals surface area contributed by atoms with Gasteiger partial charge in [-0.15, -0.1) is 0 Å². The topological polar surface area (TPSA) is 131 Å². The van der Waals surface area contributed by atoms with Crippen LogP contribution in [0.5, 0.6) is 0 Å². The Balaban J connectivity index is 1.72. The van der Waals surface area contributed by atoms with Gasteiger partial charge in [-0.05, 0) is 52.9 Å². The van der Waals surface area contributed by atoms with Crippen LogP contribution in [0.4, 0.5) is 14.5 Å². The number of benzene rings is 1. The van der Waals surface area contributed by atoms with Gasteiger partial charge in [-0.25, -0.2) is 18.6 Å². The summed E-state index contributed by atoms with van der Waals surface area (Å²) >= 11 is 1.98. The minimum Gasteiger partial charge on any atom is -0.463 e. The summed E-state index contributed by atoms with van der Waals surface area (Å²) < 4.78 is 66.8. The number of methoxy groups -OCH3 is 1. The molecule has 0 radical (unpaired) electrons. The van der Waals surface area contributed by atoms with Crippen molar-refractivity contribution < 1.29 is 35.9 Å². The maximum absolute atomic E-state index is 15.2. The molecule has 0 aliphatic heterocycles. The van der Waals surface area contributed by atoms with Crippen LogP contribution in [0.1, 0.15) is 26.5 Å². The second-order valence-electron chi connectivity index (χ2n) is 6.58. The number of carbonyl (C=O) groups excluding carboxylic acids is 2. The number of aromatic amines is 1. The summed E-state index contributed by atoms with van der Waals surface area (Å²) in [6.07, 6.45) is 2.81. The number of rotatable bonds is 6. The molecule has 170 valence electrons. The van der Waals surface area contributed by atoms with Gasteiger partial charge in [0.1, 0.15) is 11.5 Å². The highest BCUT2D eigenvalue weighted by molar-refractivity contribution is 14.1. The van der Waals surface area contributed by atoms with Crippen molar-refractivity contribution in [2.45, 2.75) is 5.09 Å². The van der Waals surface area contributed by atoms with Crippen LogP contribution in [0, 0.1) is 15.2 Å². The fraction of sp³-hybridized carbons (Fsp3) is 0.0500. The number of sulfonamides is 1. The zero-order valence-corrected chi connectivity index (χ0v) is 19.5. The van der Waals surface area contributed by atoms with E-state index in [1.54, 1.807) is 12.3 Å². The number of hydrogen-bond acceptors (Lipinski definition) is 7. The average molecular weight is 587 g/mol. The van der Waals surface area contributed by atoms with Gasteiger partial charge in [-0.3, -0.25) is 9.52 Å². The number of ether oxygens (including phenoxy) is 1. The molecule has 9 nitrogen and oxygen atoms in total. The normalized spacial score (nSPS) is 11.5. The molecule has 0 spiro atoms. The minimum absolute atomic E-state index is 0.0393. The molecule has 0 fully saturated rings. The fourth-order valence-corrected chi connectivity index (χ4v) is 4.45. The van der Waals surface area contributed by atoms with E-state index < -0.39 is 55.5 Å². The molecule has 4 aromatic rings. The van der Waals surface area contributed by atoms with Gasteiger partial charge in [0.2, 0.25) is 16.6 Å². The SMILES string of the molecule is COC(=O)c1ccc(S(=O)(=O)Nc2ccc(F)c(C(=O)c3c[nH]c4ncc(I)cc34)c2F)o1. The predicted octanol–water partition coefficient (Wildman–Crippen LogP) is 3.86. The number of nitrogens with one attached hydrogen (secondary N) is 2. The number of H-pyrrole nitrogens is 1. The molecule has 0 aliphatic rings. The number of esters is 1. The van der Waals surface area contributed by atoms with Crippen LogP contribution in [0.25, 0.3) is 11.0 Å². The molecule has 1 aromatic carbocycles. The molecule has 0 atom stereocenters. The number of ketones is 1. The smallest absolute Gasteiger partial charge is 0.374 e. The van der Waals surface area contributed by atoms with E-state index in [4.69, 9.17) is 4.42 Å². The zero-order valence-electron chi connectivity index (χ0n) is 16.5. The monoisotopic (exact) mass is 587 g/mol. The Hall–Kier alpha value is -3.33. The molecular weight excluding hydrogens is 575 g/mol. The third kappa shape index (κ3) is 4.20. The quantitative estimate of drug-likeness (QED) is 0.199. The van der Waals surface area contributed by atoms with Crippen LogP contribution in [-0.4, -0.2) is 37.2 Å². The highest BCUT2D eigenvalue weighted by Crippen LogP contribution is 2.29. The Kier molecular flexibility index (Phi) is 5.92. The first-order chi connectivity index (χ1) is 15.6. The largest absolute Gasteiger partial charge is 0.463 e. The molecule has 4 rings (SSSR count). The number of hydrogen-bond donors (Lipinski definition) is 2. The van der Waals surface area contributed by atoms with E-state index in [-0.39, 0.29) is 5.56 Å². The first kappa shape index (κ1) is 22.8. The first-order valence-corrected chi connectivity index (χ1v) is 11.5. The van der Waals surface area contributed by atoms with Crippen LogP contribution in [0.15, 0.2) is 52.2 Å². The van der Waals surface area contributed by atoms with Crippen LogP contribution < -0.4 is 4.72 Å². The van der Waals surface area contributed by atoms with Gasteiger partial charge in [-0.1, -0.05) is 0 Å². The maximum atomic E-state index is 15.2. The molecule has 0 saturated heterocycles. The molecule has 0 saturated carbocycles. The van der Waals surface area contributed by atoms with Crippen molar-refractivity contribution >= 4 is 61.1 Å². The van der Waals surface area contributed by atoms with Crippen LogP contribution >= 0.6 is 22.6 Å². The van der Waals surface area contributed by atoms with Crippen LogP contribution in [0.2, 0.25) is 0 Å². The minimum atomic E-state index is -4.52. The Morgan fingerprint density at radius 2 is 1.97 bits per heavy atom. The van der Waals surface area contributed by atoms with E-state index in [1.165, 1.54) is 6.20 Å². The zero-order chi connectivity index (χ0) is 23.9. The molecule has 33 heavy (non-hydrogen) atoms. The highest BCUT2D eigenvalue weighted by atomic mass is 127. The first-order valence-electron chi connectivity index (χ1n) is 8.98. The third-order valence-corrected chi connectivity index (χ3v) is 6.37. The Labute approximate surface area is 198 Å². The molecule has 0 unspecified atom stereocenters. The molecule has 0 aliphatic carbocycles. The molecule has 2 N–H and O–H groups in total. The third-order valence-electron chi connectivity index (χ3n) is 4.54. The van der Waals surface area contributed by atoms with E-state index in [2.05, 4.69) is 14.7 Å². The summed E-state index contributed by atoms with van der Waals surface area (Å²) in [4.78, 5) is 31.3. The van der Waals surface area contributed by atoms with Crippen molar-refractivity contribution in [2.75, 3.05) is 11.8 Å². The number of furan rings is 1. The summed E-state index contributed by atoms with van der Waals surface area (Å²) in [7, 11) is -3.44. The maximum Gasteiger partial charge on any atom is 0.374 e. The molecule has 3 aromatic heterocycles. The fourth-order valence-electron chi connectivity index (χ4n) is 3.01. The Morgan fingerprint density at radius 1 is 1.21 bits per heavy atom. The second-order valence-corrected chi connectivity index (χ2v) is 9.44. The second kappa shape index (κ2) is 8.55. The van der Waals surface area contributed by atoms with Gasteiger partial charge < -0.3 is 14.1 Å². The number of anilines is 1. The van der Waals surface area contributed by atoms with Gasteiger partial charge in [-0.2, -0.15) is 8.42 Å². The van der Waals surface area contributed by atoms with E-state index >= 15 is 4.39 Å². The lowest BCUT2D eigenvalue weighted by Crippen LogP contribution is -2.16.